The van der Waals surface area contributed by atoms with Crippen molar-refractivity contribution in [3.8, 4) is 0 Å². The number of halogens is 2. The zero-order valence-electron chi connectivity index (χ0n) is 11.7. The smallest absolute Gasteiger partial charge is 0.119 e. The molecule has 2 aromatic carbocycles. The summed E-state index contributed by atoms with van der Waals surface area (Å²) in [7, 11) is 0. The van der Waals surface area contributed by atoms with Crippen LogP contribution in [0.25, 0.3) is 0 Å². The highest BCUT2D eigenvalue weighted by atomic mass is 79.9. The second-order valence-electron chi connectivity index (χ2n) is 5.74. The van der Waals surface area contributed by atoms with Crippen molar-refractivity contribution in [2.75, 3.05) is 0 Å². The monoisotopic (exact) mass is 364 g/mol. The Hall–Kier alpha value is -0.830. The van der Waals surface area contributed by atoms with E-state index in [1.54, 1.807) is 0 Å². The fourth-order valence-corrected chi connectivity index (χ4v) is 4.16. The van der Waals surface area contributed by atoms with Gasteiger partial charge in [-0.05, 0) is 42.5 Å². The fraction of sp³-hybridized carbons (Fsp3) is 0.333. The van der Waals surface area contributed by atoms with Crippen LogP contribution in [0.1, 0.15) is 36.8 Å². The summed E-state index contributed by atoms with van der Waals surface area (Å²) >= 11 is 9.78. The molecular formula is C18H18BrClO. The summed E-state index contributed by atoms with van der Waals surface area (Å²) in [6.45, 7) is 0. The second kappa shape index (κ2) is 6.12. The van der Waals surface area contributed by atoms with Gasteiger partial charge < -0.3 is 5.11 Å². The quantitative estimate of drug-likeness (QED) is 0.758. The number of aliphatic hydroxyl groups is 1. The molecule has 0 saturated heterocycles. The fourth-order valence-electron chi connectivity index (χ4n) is 3.44. The van der Waals surface area contributed by atoms with Crippen LogP contribution in [0.2, 0.25) is 5.02 Å². The average Bonchev–Trinajstić information content (AvgIpc) is 3.05. The lowest BCUT2D eigenvalue weighted by Crippen LogP contribution is -2.35. The Morgan fingerprint density at radius 1 is 1.05 bits per heavy atom. The van der Waals surface area contributed by atoms with Crippen LogP contribution >= 0.6 is 27.5 Å². The van der Waals surface area contributed by atoms with Crippen LogP contribution in [0.4, 0.5) is 0 Å². The Morgan fingerprint density at radius 2 is 1.71 bits per heavy atom. The van der Waals surface area contributed by atoms with E-state index in [2.05, 4.69) is 15.9 Å². The average molecular weight is 366 g/mol. The summed E-state index contributed by atoms with van der Waals surface area (Å²) in [5.74, 6) is 0.231. The largest absolute Gasteiger partial charge is 0.380 e. The highest BCUT2D eigenvalue weighted by Gasteiger charge is 2.42. The highest BCUT2D eigenvalue weighted by molar-refractivity contribution is 9.10. The molecule has 1 N–H and O–H groups in total. The minimum absolute atomic E-state index is 0.231. The summed E-state index contributed by atoms with van der Waals surface area (Å²) in [4.78, 5) is 0. The van der Waals surface area contributed by atoms with Gasteiger partial charge >= 0.3 is 0 Å². The van der Waals surface area contributed by atoms with Gasteiger partial charge in [0.25, 0.3) is 0 Å². The number of hydrogen-bond acceptors (Lipinski definition) is 1. The van der Waals surface area contributed by atoms with Crippen molar-refractivity contribution < 1.29 is 5.11 Å². The molecule has 0 aliphatic heterocycles. The molecule has 0 bridgehead atoms. The Balaban J connectivity index is 2.18. The zero-order chi connectivity index (χ0) is 14.9. The summed E-state index contributed by atoms with van der Waals surface area (Å²) in [6, 6.07) is 15.6. The van der Waals surface area contributed by atoms with Gasteiger partial charge in [-0.15, -0.1) is 0 Å². The van der Waals surface area contributed by atoms with Crippen molar-refractivity contribution in [2.45, 2.75) is 31.3 Å². The molecule has 21 heavy (non-hydrogen) atoms. The number of benzene rings is 2. The van der Waals surface area contributed by atoms with Gasteiger partial charge in [-0.1, -0.05) is 70.7 Å². The molecule has 1 fully saturated rings. The zero-order valence-corrected chi connectivity index (χ0v) is 14.1. The molecule has 0 amide bonds. The first-order valence-corrected chi connectivity index (χ1v) is 8.53. The third kappa shape index (κ3) is 2.77. The van der Waals surface area contributed by atoms with E-state index in [4.69, 9.17) is 11.6 Å². The van der Waals surface area contributed by atoms with Crippen LogP contribution in [0.5, 0.6) is 0 Å². The minimum atomic E-state index is -0.985. The maximum atomic E-state index is 11.7. The molecule has 0 heterocycles. The molecule has 0 aromatic heterocycles. The van der Waals surface area contributed by atoms with Crippen molar-refractivity contribution in [1.29, 1.82) is 0 Å². The molecule has 1 saturated carbocycles. The summed E-state index contributed by atoms with van der Waals surface area (Å²) in [5, 5.41) is 12.3. The first kappa shape index (κ1) is 15.1. The predicted molar refractivity (Wildman–Crippen MR) is 90.6 cm³/mol. The maximum absolute atomic E-state index is 11.7. The molecule has 3 rings (SSSR count). The van der Waals surface area contributed by atoms with Crippen LogP contribution < -0.4 is 0 Å². The van der Waals surface area contributed by atoms with E-state index >= 15 is 0 Å². The van der Waals surface area contributed by atoms with E-state index in [9.17, 15) is 5.11 Å². The van der Waals surface area contributed by atoms with Crippen molar-refractivity contribution in [2.24, 2.45) is 5.92 Å². The number of hydrogen-bond donors (Lipinski definition) is 1. The topological polar surface area (TPSA) is 20.2 Å². The van der Waals surface area contributed by atoms with Crippen molar-refractivity contribution in [1.82, 2.24) is 0 Å². The van der Waals surface area contributed by atoms with Crippen LogP contribution in [0, 0.1) is 5.92 Å². The maximum Gasteiger partial charge on any atom is 0.119 e. The van der Waals surface area contributed by atoms with E-state index in [1.165, 1.54) is 12.8 Å². The van der Waals surface area contributed by atoms with Crippen LogP contribution in [-0.2, 0) is 5.60 Å². The Labute approximate surface area is 139 Å². The molecule has 0 spiro atoms. The molecule has 1 atom stereocenters. The molecule has 110 valence electrons. The minimum Gasteiger partial charge on any atom is -0.380 e. The van der Waals surface area contributed by atoms with Gasteiger partial charge in [-0.3, -0.25) is 0 Å². The van der Waals surface area contributed by atoms with Gasteiger partial charge in [0.15, 0.2) is 0 Å². The van der Waals surface area contributed by atoms with Crippen LogP contribution in [0.3, 0.4) is 0 Å². The first-order valence-electron chi connectivity index (χ1n) is 7.36. The molecule has 1 unspecified atom stereocenters. The van der Waals surface area contributed by atoms with E-state index < -0.39 is 5.60 Å². The number of rotatable bonds is 3. The Morgan fingerprint density at radius 3 is 2.38 bits per heavy atom. The third-order valence-corrected chi connectivity index (χ3v) is 5.43. The SMILES string of the molecule is OC(c1ccccc1)(c1cc(Cl)ccc1Br)C1CCCC1. The molecular weight excluding hydrogens is 348 g/mol. The van der Waals surface area contributed by atoms with Gasteiger partial charge in [0.05, 0.1) is 0 Å². The molecule has 2 aromatic rings. The lowest BCUT2D eigenvalue weighted by Gasteiger charge is -2.36. The van der Waals surface area contributed by atoms with Crippen molar-refractivity contribution in [3.05, 3.63) is 69.2 Å². The Kier molecular flexibility index (Phi) is 4.39. The third-order valence-electron chi connectivity index (χ3n) is 4.50. The normalized spacial score (nSPS) is 18.6. The first-order chi connectivity index (χ1) is 10.1. The highest BCUT2D eigenvalue weighted by Crippen LogP contribution is 2.47. The van der Waals surface area contributed by atoms with E-state index in [0.717, 1.165) is 28.4 Å². The van der Waals surface area contributed by atoms with Crippen LogP contribution in [-0.4, -0.2) is 5.11 Å². The molecule has 0 radical (unpaired) electrons. The lowest BCUT2D eigenvalue weighted by molar-refractivity contribution is 0.0182. The van der Waals surface area contributed by atoms with Gasteiger partial charge in [-0.2, -0.15) is 0 Å². The van der Waals surface area contributed by atoms with E-state index in [-0.39, 0.29) is 5.92 Å². The molecule has 1 aliphatic rings. The van der Waals surface area contributed by atoms with Gasteiger partial charge in [-0.25, -0.2) is 0 Å². The predicted octanol–water partition coefficient (Wildman–Crippen LogP) is 5.53. The molecule has 1 nitrogen and oxygen atoms in total. The summed E-state index contributed by atoms with van der Waals surface area (Å²) in [6.07, 6.45) is 4.45. The van der Waals surface area contributed by atoms with Crippen LogP contribution in [0.15, 0.2) is 53.0 Å². The van der Waals surface area contributed by atoms with E-state index in [0.29, 0.717) is 5.02 Å². The standard InChI is InChI=1S/C18H18BrClO/c19-17-11-10-15(20)12-16(17)18(21,14-8-4-5-9-14)13-6-2-1-3-7-13/h1-3,6-7,10-12,14,21H,4-5,8-9H2. The molecule has 3 heteroatoms. The van der Waals surface area contributed by atoms with Gasteiger partial charge in [0.1, 0.15) is 5.60 Å². The Bertz CT molecular complexity index is 622. The summed E-state index contributed by atoms with van der Waals surface area (Å²) in [5.41, 5.74) is 0.828. The van der Waals surface area contributed by atoms with E-state index in [1.807, 2.05) is 48.5 Å². The molecule has 1 aliphatic carbocycles. The van der Waals surface area contributed by atoms with Crippen molar-refractivity contribution in [3.63, 3.8) is 0 Å². The van der Waals surface area contributed by atoms with Crippen molar-refractivity contribution >= 4 is 27.5 Å². The second-order valence-corrected chi connectivity index (χ2v) is 7.03. The van der Waals surface area contributed by atoms with Gasteiger partial charge in [0.2, 0.25) is 0 Å². The summed E-state index contributed by atoms with van der Waals surface area (Å²) < 4.78 is 0.908. The van der Waals surface area contributed by atoms with Gasteiger partial charge in [0, 0.05) is 15.1 Å². The lowest BCUT2D eigenvalue weighted by atomic mass is 9.75.